The summed E-state index contributed by atoms with van der Waals surface area (Å²) in [5.41, 5.74) is 0.429. The number of alkyl halides is 2. The Morgan fingerprint density at radius 3 is 2.44 bits per heavy atom. The van der Waals surface area contributed by atoms with Crippen LogP contribution >= 0.6 is 0 Å². The monoisotopic (exact) mass is 257 g/mol. The van der Waals surface area contributed by atoms with Gasteiger partial charge in [-0.2, -0.15) is 8.78 Å². The van der Waals surface area contributed by atoms with Gasteiger partial charge >= 0.3 is 6.61 Å². The van der Waals surface area contributed by atoms with E-state index in [4.69, 9.17) is 0 Å². The molecule has 0 unspecified atom stereocenters. The van der Waals surface area contributed by atoms with E-state index < -0.39 is 12.2 Å². The SMILES string of the molecule is OC1(CNCc2ccc(OC(F)F)cc2)CCC1. The van der Waals surface area contributed by atoms with E-state index in [0.29, 0.717) is 13.1 Å². The molecule has 1 aromatic carbocycles. The van der Waals surface area contributed by atoms with Gasteiger partial charge in [-0.15, -0.1) is 0 Å². The van der Waals surface area contributed by atoms with Gasteiger partial charge in [-0.1, -0.05) is 12.1 Å². The molecule has 0 aliphatic heterocycles. The third kappa shape index (κ3) is 3.65. The first kappa shape index (κ1) is 13.2. The Kier molecular flexibility index (Phi) is 4.14. The van der Waals surface area contributed by atoms with Crippen LogP contribution in [0.1, 0.15) is 24.8 Å². The number of hydrogen-bond donors (Lipinski definition) is 2. The zero-order chi connectivity index (χ0) is 13.0. The predicted octanol–water partition coefficient (Wildman–Crippen LogP) is 2.29. The van der Waals surface area contributed by atoms with Crippen molar-refractivity contribution in [3.8, 4) is 5.75 Å². The molecule has 1 aromatic rings. The minimum absolute atomic E-state index is 0.159. The Hall–Kier alpha value is -1.20. The summed E-state index contributed by atoms with van der Waals surface area (Å²) < 4.78 is 28.1. The lowest BCUT2D eigenvalue weighted by atomic mass is 9.80. The third-order valence-electron chi connectivity index (χ3n) is 3.22. The molecule has 0 radical (unpaired) electrons. The highest BCUT2D eigenvalue weighted by Crippen LogP contribution is 2.30. The summed E-state index contributed by atoms with van der Waals surface area (Å²) in [7, 11) is 0. The van der Waals surface area contributed by atoms with E-state index >= 15 is 0 Å². The molecule has 1 aliphatic carbocycles. The van der Waals surface area contributed by atoms with Gasteiger partial charge in [-0.3, -0.25) is 0 Å². The van der Waals surface area contributed by atoms with E-state index in [2.05, 4.69) is 10.1 Å². The average molecular weight is 257 g/mol. The minimum atomic E-state index is -2.79. The second-order valence-corrected chi connectivity index (χ2v) is 4.70. The second-order valence-electron chi connectivity index (χ2n) is 4.70. The fraction of sp³-hybridized carbons (Fsp3) is 0.538. The zero-order valence-corrected chi connectivity index (χ0v) is 10.0. The number of rotatable bonds is 6. The first-order chi connectivity index (χ1) is 8.57. The Labute approximate surface area is 105 Å². The van der Waals surface area contributed by atoms with Crippen LogP contribution in [0.4, 0.5) is 8.78 Å². The van der Waals surface area contributed by atoms with Crippen molar-refractivity contribution in [1.82, 2.24) is 5.32 Å². The molecular weight excluding hydrogens is 240 g/mol. The standard InChI is InChI=1S/C13H17F2NO2/c14-12(15)18-11-4-2-10(3-5-11)8-16-9-13(17)6-1-7-13/h2-5,12,16-17H,1,6-9H2. The van der Waals surface area contributed by atoms with Crippen LogP contribution in [0.25, 0.3) is 0 Å². The number of aliphatic hydroxyl groups is 1. The lowest BCUT2D eigenvalue weighted by molar-refractivity contribution is -0.0498. The Bertz CT molecular complexity index is 377. The topological polar surface area (TPSA) is 41.5 Å². The molecule has 0 bridgehead atoms. The lowest BCUT2D eigenvalue weighted by Crippen LogP contribution is -2.45. The van der Waals surface area contributed by atoms with E-state index in [1.54, 1.807) is 12.1 Å². The molecule has 0 aromatic heterocycles. The molecule has 1 fully saturated rings. The van der Waals surface area contributed by atoms with Crippen LogP contribution in [-0.2, 0) is 6.54 Å². The zero-order valence-electron chi connectivity index (χ0n) is 10.0. The number of benzene rings is 1. The maximum atomic E-state index is 11.9. The van der Waals surface area contributed by atoms with Crippen LogP contribution in [0.5, 0.6) is 5.75 Å². The fourth-order valence-electron chi connectivity index (χ4n) is 1.99. The van der Waals surface area contributed by atoms with E-state index in [0.717, 1.165) is 24.8 Å². The first-order valence-electron chi connectivity index (χ1n) is 6.04. The van der Waals surface area contributed by atoms with E-state index in [1.165, 1.54) is 12.1 Å². The van der Waals surface area contributed by atoms with Crippen LogP contribution in [0, 0.1) is 0 Å². The highest BCUT2D eigenvalue weighted by Gasteiger charge is 2.33. The summed E-state index contributed by atoms with van der Waals surface area (Å²) in [5.74, 6) is 0.159. The quantitative estimate of drug-likeness (QED) is 0.821. The molecule has 5 heteroatoms. The van der Waals surface area contributed by atoms with Gasteiger partial charge in [0.05, 0.1) is 5.60 Å². The highest BCUT2D eigenvalue weighted by molar-refractivity contribution is 5.27. The Morgan fingerprint density at radius 2 is 1.94 bits per heavy atom. The van der Waals surface area contributed by atoms with E-state index in [-0.39, 0.29) is 5.75 Å². The van der Waals surface area contributed by atoms with Gasteiger partial charge in [-0.25, -0.2) is 0 Å². The van der Waals surface area contributed by atoms with Gasteiger partial charge in [0.2, 0.25) is 0 Å². The molecule has 100 valence electrons. The predicted molar refractivity (Wildman–Crippen MR) is 63.6 cm³/mol. The number of ether oxygens (including phenoxy) is 1. The van der Waals surface area contributed by atoms with Gasteiger partial charge in [0.1, 0.15) is 5.75 Å². The van der Waals surface area contributed by atoms with Crippen LogP contribution in [0.15, 0.2) is 24.3 Å². The summed E-state index contributed by atoms with van der Waals surface area (Å²) >= 11 is 0. The molecule has 1 saturated carbocycles. The molecule has 3 nitrogen and oxygen atoms in total. The van der Waals surface area contributed by atoms with Crippen molar-refractivity contribution in [2.24, 2.45) is 0 Å². The molecule has 0 heterocycles. The average Bonchev–Trinajstić information content (AvgIpc) is 2.28. The molecule has 1 aliphatic rings. The van der Waals surface area contributed by atoms with Gasteiger partial charge in [0.25, 0.3) is 0 Å². The molecule has 2 rings (SSSR count). The van der Waals surface area contributed by atoms with E-state index in [9.17, 15) is 13.9 Å². The first-order valence-corrected chi connectivity index (χ1v) is 6.04. The molecule has 18 heavy (non-hydrogen) atoms. The van der Waals surface area contributed by atoms with Crippen molar-refractivity contribution < 1.29 is 18.6 Å². The van der Waals surface area contributed by atoms with E-state index in [1.807, 2.05) is 0 Å². The van der Waals surface area contributed by atoms with Crippen LogP contribution in [-0.4, -0.2) is 23.9 Å². The van der Waals surface area contributed by atoms with Crippen molar-refractivity contribution in [3.05, 3.63) is 29.8 Å². The van der Waals surface area contributed by atoms with Gasteiger partial charge < -0.3 is 15.2 Å². The maximum Gasteiger partial charge on any atom is 0.387 e. The largest absolute Gasteiger partial charge is 0.435 e. The molecule has 0 saturated heterocycles. The molecule has 2 N–H and O–H groups in total. The minimum Gasteiger partial charge on any atom is -0.435 e. The van der Waals surface area contributed by atoms with Crippen molar-refractivity contribution in [2.75, 3.05) is 6.54 Å². The van der Waals surface area contributed by atoms with Gasteiger partial charge in [-0.05, 0) is 37.0 Å². The third-order valence-corrected chi connectivity index (χ3v) is 3.22. The van der Waals surface area contributed by atoms with Gasteiger partial charge in [0.15, 0.2) is 0 Å². The Morgan fingerprint density at radius 1 is 1.28 bits per heavy atom. The van der Waals surface area contributed by atoms with Gasteiger partial charge in [0, 0.05) is 13.1 Å². The number of nitrogens with one attached hydrogen (secondary N) is 1. The molecular formula is C13H17F2NO2. The number of halogens is 2. The summed E-state index contributed by atoms with van der Waals surface area (Å²) in [6.07, 6.45) is 2.78. The van der Waals surface area contributed by atoms with Crippen molar-refractivity contribution in [1.29, 1.82) is 0 Å². The second kappa shape index (κ2) is 5.63. The maximum absolute atomic E-state index is 11.9. The molecule has 0 atom stereocenters. The smallest absolute Gasteiger partial charge is 0.387 e. The molecule has 0 spiro atoms. The number of hydrogen-bond acceptors (Lipinski definition) is 3. The summed E-state index contributed by atoms with van der Waals surface area (Å²) in [5, 5.41) is 13.0. The van der Waals surface area contributed by atoms with Crippen molar-refractivity contribution in [3.63, 3.8) is 0 Å². The van der Waals surface area contributed by atoms with Crippen molar-refractivity contribution in [2.45, 2.75) is 38.0 Å². The van der Waals surface area contributed by atoms with Crippen LogP contribution in [0.3, 0.4) is 0 Å². The highest BCUT2D eigenvalue weighted by atomic mass is 19.3. The molecule has 0 amide bonds. The fourth-order valence-corrected chi connectivity index (χ4v) is 1.99. The normalized spacial score (nSPS) is 17.6. The summed E-state index contributed by atoms with van der Waals surface area (Å²) in [6.45, 7) is -1.61. The van der Waals surface area contributed by atoms with Crippen LogP contribution < -0.4 is 10.1 Å². The lowest BCUT2D eigenvalue weighted by Gasteiger charge is -2.36. The summed E-state index contributed by atoms with van der Waals surface area (Å²) in [6, 6.07) is 6.49. The van der Waals surface area contributed by atoms with Crippen molar-refractivity contribution >= 4 is 0 Å². The Balaban J connectivity index is 1.75. The van der Waals surface area contributed by atoms with Crippen LogP contribution in [0.2, 0.25) is 0 Å². The summed E-state index contributed by atoms with van der Waals surface area (Å²) in [4.78, 5) is 0.